The Labute approximate surface area is 169 Å². The number of nitrogens with zero attached hydrogens (tertiary/aromatic N) is 4. The minimum Gasteiger partial charge on any atom is -0.390 e. The van der Waals surface area contributed by atoms with Gasteiger partial charge in [0.1, 0.15) is 17.4 Å². The van der Waals surface area contributed by atoms with Gasteiger partial charge in [0.25, 0.3) is 0 Å². The van der Waals surface area contributed by atoms with Crippen LogP contribution in [0.15, 0.2) is 49.1 Å². The number of rotatable bonds is 6. The van der Waals surface area contributed by atoms with Crippen LogP contribution in [0.3, 0.4) is 0 Å². The third-order valence-corrected chi connectivity index (χ3v) is 5.23. The van der Waals surface area contributed by atoms with Gasteiger partial charge in [-0.2, -0.15) is 5.26 Å². The Morgan fingerprint density at radius 2 is 2.31 bits per heavy atom. The number of allylic oxidation sites excluding steroid dienone is 1. The number of hydrogen-bond donors (Lipinski definition) is 2. The van der Waals surface area contributed by atoms with Crippen molar-refractivity contribution in [1.29, 1.82) is 10.7 Å². The largest absolute Gasteiger partial charge is 0.390 e. The number of nitriles is 1. The number of nitrogens with one attached hydrogen (secondary N) is 2. The highest BCUT2D eigenvalue weighted by Crippen LogP contribution is 2.29. The second-order valence-corrected chi connectivity index (χ2v) is 7.55. The molecule has 1 atom stereocenters. The lowest BCUT2D eigenvalue weighted by atomic mass is 9.90. The molecule has 146 valence electrons. The van der Waals surface area contributed by atoms with E-state index in [0.717, 1.165) is 43.0 Å². The van der Waals surface area contributed by atoms with E-state index in [2.05, 4.69) is 28.3 Å². The van der Waals surface area contributed by atoms with Crippen molar-refractivity contribution in [2.24, 2.45) is 5.41 Å². The zero-order valence-electron chi connectivity index (χ0n) is 16.2. The summed E-state index contributed by atoms with van der Waals surface area (Å²) in [5.41, 5.74) is 4.21. The highest BCUT2D eigenvalue weighted by atomic mass is 16.5. The van der Waals surface area contributed by atoms with Crippen LogP contribution < -0.4 is 5.32 Å². The minimum absolute atomic E-state index is 0.0983. The molecule has 0 aromatic carbocycles. The van der Waals surface area contributed by atoms with Gasteiger partial charge in [-0.25, -0.2) is 9.97 Å². The number of ether oxygens (including phenoxy) is 1. The van der Waals surface area contributed by atoms with Crippen molar-refractivity contribution in [3.05, 3.63) is 60.3 Å². The van der Waals surface area contributed by atoms with Gasteiger partial charge in [0, 0.05) is 66.3 Å². The lowest BCUT2D eigenvalue weighted by Gasteiger charge is -2.21. The van der Waals surface area contributed by atoms with Crippen molar-refractivity contribution >= 4 is 17.4 Å². The van der Waals surface area contributed by atoms with Crippen LogP contribution in [0.2, 0.25) is 0 Å². The van der Waals surface area contributed by atoms with E-state index in [4.69, 9.17) is 10.1 Å². The smallest absolute Gasteiger partial charge is 0.141 e. The Morgan fingerprint density at radius 3 is 3.07 bits per heavy atom. The van der Waals surface area contributed by atoms with Gasteiger partial charge in [0.05, 0.1) is 12.3 Å². The molecule has 29 heavy (non-hydrogen) atoms. The molecule has 1 unspecified atom stereocenters. The molecule has 7 nitrogen and oxygen atoms in total. The Kier molecular flexibility index (Phi) is 5.10. The molecule has 1 fully saturated rings. The molecule has 0 bridgehead atoms. The van der Waals surface area contributed by atoms with Crippen LogP contribution in [0.4, 0.5) is 0 Å². The minimum atomic E-state index is 0.0983. The first-order chi connectivity index (χ1) is 14.1. The highest BCUT2D eigenvalue weighted by Gasteiger charge is 2.29. The maximum absolute atomic E-state index is 9.31. The van der Waals surface area contributed by atoms with Crippen LogP contribution in [0, 0.1) is 22.2 Å². The first-order valence-electron chi connectivity index (χ1n) is 9.48. The monoisotopic (exact) mass is 386 g/mol. The van der Waals surface area contributed by atoms with E-state index >= 15 is 0 Å². The second-order valence-electron chi connectivity index (χ2n) is 7.55. The van der Waals surface area contributed by atoms with Gasteiger partial charge in [0.15, 0.2) is 0 Å². The van der Waals surface area contributed by atoms with Crippen LogP contribution >= 0.6 is 0 Å². The maximum atomic E-state index is 9.31. The number of imidazole rings is 1. The normalized spacial score (nSPS) is 19.2. The van der Waals surface area contributed by atoms with Crippen LogP contribution in [0.1, 0.15) is 24.6 Å². The van der Waals surface area contributed by atoms with Crippen molar-refractivity contribution in [3.8, 4) is 17.3 Å². The third-order valence-electron chi connectivity index (χ3n) is 5.23. The number of hydrogen-bond acceptors (Lipinski definition) is 6. The van der Waals surface area contributed by atoms with Crippen LogP contribution in [-0.4, -0.2) is 40.3 Å². The molecule has 3 aromatic rings. The molecule has 0 radical (unpaired) electrons. The molecule has 3 aromatic heterocycles. The zero-order valence-corrected chi connectivity index (χ0v) is 16.2. The summed E-state index contributed by atoms with van der Waals surface area (Å²) in [5.74, 6) is 0. The van der Waals surface area contributed by atoms with Crippen molar-refractivity contribution in [1.82, 2.24) is 19.7 Å². The molecule has 2 N–H and O–H groups in total. The SMILES string of the molecule is CC1(CN/C=C(\C=N)c2ccc(C#N)nc2-c2ccn3ccnc3c2)CCOC1. The van der Waals surface area contributed by atoms with E-state index in [1.165, 1.54) is 6.21 Å². The van der Waals surface area contributed by atoms with E-state index in [9.17, 15) is 5.26 Å². The summed E-state index contributed by atoms with van der Waals surface area (Å²) < 4.78 is 7.42. The Morgan fingerprint density at radius 1 is 1.41 bits per heavy atom. The van der Waals surface area contributed by atoms with Gasteiger partial charge in [-0.3, -0.25) is 0 Å². The summed E-state index contributed by atoms with van der Waals surface area (Å²) in [6.07, 6.45) is 9.69. The van der Waals surface area contributed by atoms with Crippen LogP contribution in [0.25, 0.3) is 22.5 Å². The highest BCUT2D eigenvalue weighted by molar-refractivity contribution is 6.10. The molecule has 0 amide bonds. The molecular weight excluding hydrogens is 364 g/mol. The van der Waals surface area contributed by atoms with Gasteiger partial charge >= 0.3 is 0 Å². The fourth-order valence-corrected chi connectivity index (χ4v) is 3.49. The Bertz CT molecular complexity index is 1120. The van der Waals surface area contributed by atoms with Crippen molar-refractivity contribution in [2.75, 3.05) is 19.8 Å². The van der Waals surface area contributed by atoms with Gasteiger partial charge < -0.3 is 19.9 Å². The summed E-state index contributed by atoms with van der Waals surface area (Å²) in [5, 5.41) is 20.6. The Hall–Kier alpha value is -3.50. The molecule has 1 aliphatic rings. The first kappa shape index (κ1) is 18.8. The molecule has 1 saturated heterocycles. The molecular formula is C22H22N6O. The van der Waals surface area contributed by atoms with Crippen LogP contribution in [0.5, 0.6) is 0 Å². The molecule has 0 spiro atoms. The van der Waals surface area contributed by atoms with Gasteiger partial charge in [-0.1, -0.05) is 6.92 Å². The number of pyridine rings is 2. The van der Waals surface area contributed by atoms with Crippen molar-refractivity contribution in [3.63, 3.8) is 0 Å². The second kappa shape index (κ2) is 7.86. The standard InChI is InChI=1S/C22H22N6O/c1-22(5-9-29-15-22)14-25-13-17(11-23)19-3-2-18(12-24)27-21(19)16-4-7-28-8-6-26-20(28)10-16/h2-4,6-8,10-11,13,23,25H,5,9,14-15H2,1H3/b17-13+,23-11?. The first-order valence-corrected chi connectivity index (χ1v) is 9.48. The van der Waals surface area contributed by atoms with Gasteiger partial charge in [-0.05, 0) is 30.7 Å². The Balaban J connectivity index is 1.70. The predicted octanol–water partition coefficient (Wildman–Crippen LogP) is 3.27. The fourth-order valence-electron chi connectivity index (χ4n) is 3.49. The predicted molar refractivity (Wildman–Crippen MR) is 111 cm³/mol. The maximum Gasteiger partial charge on any atom is 0.141 e. The molecule has 4 rings (SSSR count). The molecule has 1 aliphatic heterocycles. The fraction of sp³-hybridized carbons (Fsp3) is 0.273. The molecule has 0 aliphatic carbocycles. The molecule has 0 saturated carbocycles. The van der Waals surface area contributed by atoms with Crippen molar-refractivity contribution < 1.29 is 4.74 Å². The summed E-state index contributed by atoms with van der Waals surface area (Å²) in [6.45, 7) is 4.49. The van der Waals surface area contributed by atoms with Crippen LogP contribution in [-0.2, 0) is 4.74 Å². The van der Waals surface area contributed by atoms with E-state index in [1.54, 1.807) is 12.3 Å². The quantitative estimate of drug-likeness (QED) is 0.634. The lowest BCUT2D eigenvalue weighted by molar-refractivity contribution is 0.160. The van der Waals surface area contributed by atoms with E-state index in [-0.39, 0.29) is 5.41 Å². The van der Waals surface area contributed by atoms with E-state index < -0.39 is 0 Å². The topological polar surface area (TPSA) is 99.1 Å². The lowest BCUT2D eigenvalue weighted by Crippen LogP contribution is -2.29. The molecule has 7 heteroatoms. The van der Waals surface area contributed by atoms with Gasteiger partial charge in [-0.15, -0.1) is 0 Å². The average Bonchev–Trinajstić information content (AvgIpc) is 3.39. The number of fused-ring (bicyclic) bond motifs is 1. The van der Waals surface area contributed by atoms with E-state index in [1.807, 2.05) is 41.2 Å². The zero-order chi connectivity index (χ0) is 20.3. The summed E-state index contributed by atoms with van der Waals surface area (Å²) in [4.78, 5) is 8.86. The summed E-state index contributed by atoms with van der Waals surface area (Å²) in [6, 6.07) is 9.49. The molecule has 4 heterocycles. The van der Waals surface area contributed by atoms with E-state index in [0.29, 0.717) is 17.0 Å². The van der Waals surface area contributed by atoms with Crippen molar-refractivity contribution in [2.45, 2.75) is 13.3 Å². The third kappa shape index (κ3) is 3.89. The average molecular weight is 386 g/mol. The summed E-state index contributed by atoms with van der Waals surface area (Å²) >= 11 is 0. The summed E-state index contributed by atoms with van der Waals surface area (Å²) in [7, 11) is 0. The number of aromatic nitrogens is 3. The van der Waals surface area contributed by atoms with Gasteiger partial charge in [0.2, 0.25) is 0 Å².